The van der Waals surface area contributed by atoms with Crippen LogP contribution in [0.2, 0.25) is 0 Å². The summed E-state index contributed by atoms with van der Waals surface area (Å²) < 4.78 is 6.14. The molecule has 3 N–H and O–H groups in total. The number of aliphatic carboxylic acids is 1. The third-order valence-electron chi connectivity index (χ3n) is 6.13. The molecule has 1 aliphatic rings. The SMILES string of the molecule is Cc1cc(Br)c(C(=O)NCC(C)C(=O)O)cc1NC(=O)OCC1c2ccccc2-c2ccccc21. The first-order valence-corrected chi connectivity index (χ1v) is 12.0. The van der Waals surface area contributed by atoms with Crippen LogP contribution in [0.5, 0.6) is 0 Å². The van der Waals surface area contributed by atoms with Gasteiger partial charge in [-0.3, -0.25) is 14.9 Å². The van der Waals surface area contributed by atoms with E-state index >= 15 is 0 Å². The molecular formula is C27H25BrN2O5. The Morgan fingerprint density at radius 1 is 1.03 bits per heavy atom. The van der Waals surface area contributed by atoms with Gasteiger partial charge >= 0.3 is 12.1 Å². The van der Waals surface area contributed by atoms with Gasteiger partial charge in [0.05, 0.1) is 11.5 Å². The number of carboxylic acids is 1. The molecule has 0 aliphatic heterocycles. The number of carboxylic acid groups (broad SMARTS) is 1. The fraction of sp³-hybridized carbons (Fsp3) is 0.222. The second kappa shape index (κ2) is 10.3. The van der Waals surface area contributed by atoms with Crippen molar-refractivity contribution in [3.8, 4) is 11.1 Å². The van der Waals surface area contributed by atoms with Crippen molar-refractivity contribution in [2.45, 2.75) is 19.8 Å². The fourth-order valence-electron chi connectivity index (χ4n) is 4.15. The quantitative estimate of drug-likeness (QED) is 0.366. The van der Waals surface area contributed by atoms with Crippen LogP contribution in [0.4, 0.5) is 10.5 Å². The molecule has 0 saturated heterocycles. The van der Waals surface area contributed by atoms with E-state index in [1.807, 2.05) is 24.3 Å². The number of carbonyl (C=O) groups excluding carboxylic acids is 2. The smallest absolute Gasteiger partial charge is 0.411 e. The summed E-state index contributed by atoms with van der Waals surface area (Å²) in [5.41, 5.74) is 5.99. The Kier molecular flexibility index (Phi) is 7.21. The molecule has 4 rings (SSSR count). The largest absolute Gasteiger partial charge is 0.481 e. The Bertz CT molecular complexity index is 1260. The molecule has 3 aromatic rings. The van der Waals surface area contributed by atoms with Gasteiger partial charge in [0.25, 0.3) is 5.91 Å². The van der Waals surface area contributed by atoms with E-state index in [9.17, 15) is 14.4 Å². The van der Waals surface area contributed by atoms with Crippen molar-refractivity contribution >= 4 is 39.6 Å². The van der Waals surface area contributed by atoms with Crippen molar-refractivity contribution < 1.29 is 24.2 Å². The van der Waals surface area contributed by atoms with Crippen LogP contribution in [0.3, 0.4) is 0 Å². The zero-order chi connectivity index (χ0) is 25.1. The maximum absolute atomic E-state index is 12.7. The van der Waals surface area contributed by atoms with E-state index in [0.717, 1.165) is 27.8 Å². The molecule has 1 unspecified atom stereocenters. The lowest BCUT2D eigenvalue weighted by atomic mass is 9.98. The molecule has 0 spiro atoms. The van der Waals surface area contributed by atoms with Crippen molar-refractivity contribution in [3.05, 3.63) is 87.4 Å². The molecule has 0 heterocycles. The molecule has 8 heteroatoms. The number of anilines is 1. The summed E-state index contributed by atoms with van der Waals surface area (Å²) in [6.45, 7) is 3.48. The molecule has 0 aromatic heterocycles. The van der Waals surface area contributed by atoms with Crippen molar-refractivity contribution in [1.82, 2.24) is 5.32 Å². The van der Waals surface area contributed by atoms with Crippen LogP contribution in [-0.4, -0.2) is 36.2 Å². The van der Waals surface area contributed by atoms with E-state index in [-0.39, 0.29) is 24.6 Å². The minimum Gasteiger partial charge on any atom is -0.481 e. The number of aryl methyl sites for hydroxylation is 1. The van der Waals surface area contributed by atoms with Crippen LogP contribution in [0.15, 0.2) is 65.1 Å². The monoisotopic (exact) mass is 536 g/mol. The van der Waals surface area contributed by atoms with Gasteiger partial charge in [0.1, 0.15) is 6.61 Å². The summed E-state index contributed by atoms with van der Waals surface area (Å²) in [6.07, 6.45) is -0.622. The summed E-state index contributed by atoms with van der Waals surface area (Å²) in [5.74, 6) is -2.22. The third-order valence-corrected chi connectivity index (χ3v) is 6.79. The van der Waals surface area contributed by atoms with Crippen LogP contribution in [0.25, 0.3) is 11.1 Å². The number of hydrogen-bond donors (Lipinski definition) is 3. The van der Waals surface area contributed by atoms with E-state index < -0.39 is 23.9 Å². The Morgan fingerprint density at radius 2 is 1.63 bits per heavy atom. The number of carbonyl (C=O) groups is 3. The Hall–Kier alpha value is -3.65. The normalized spacial score (nSPS) is 12.9. The summed E-state index contributed by atoms with van der Waals surface area (Å²) in [5, 5.41) is 14.4. The minimum absolute atomic E-state index is 0.0103. The highest BCUT2D eigenvalue weighted by Gasteiger charge is 2.29. The molecule has 1 atom stereocenters. The van der Waals surface area contributed by atoms with Crippen LogP contribution in [-0.2, 0) is 9.53 Å². The van der Waals surface area contributed by atoms with Gasteiger partial charge in [-0.05, 0) is 62.8 Å². The van der Waals surface area contributed by atoms with Crippen LogP contribution in [0.1, 0.15) is 39.9 Å². The van der Waals surface area contributed by atoms with Gasteiger partial charge in [0.15, 0.2) is 0 Å². The molecule has 7 nitrogen and oxygen atoms in total. The van der Waals surface area contributed by atoms with Crippen LogP contribution in [0, 0.1) is 12.8 Å². The van der Waals surface area contributed by atoms with Crippen LogP contribution < -0.4 is 10.6 Å². The topological polar surface area (TPSA) is 105 Å². The second-order valence-corrected chi connectivity index (χ2v) is 9.40. The van der Waals surface area contributed by atoms with Crippen LogP contribution >= 0.6 is 15.9 Å². The Balaban J connectivity index is 1.45. The average molecular weight is 537 g/mol. The second-order valence-electron chi connectivity index (χ2n) is 8.55. The highest BCUT2D eigenvalue weighted by molar-refractivity contribution is 9.10. The standard InChI is InChI=1S/C27H25BrN2O5/c1-15-11-23(28)21(25(31)29-13-16(2)26(32)33)12-24(15)30-27(34)35-14-22-19-9-5-3-7-17(19)18-8-4-6-10-20(18)22/h3-12,16,22H,13-14H2,1-2H3,(H,29,31)(H,30,34)(H,32,33). The number of fused-ring (bicyclic) bond motifs is 3. The summed E-state index contributed by atoms with van der Waals surface area (Å²) >= 11 is 3.37. The predicted molar refractivity (Wildman–Crippen MR) is 137 cm³/mol. The number of nitrogens with one attached hydrogen (secondary N) is 2. The van der Waals surface area contributed by atoms with Gasteiger partial charge < -0.3 is 15.2 Å². The molecule has 3 aromatic carbocycles. The summed E-state index contributed by atoms with van der Waals surface area (Å²) in [7, 11) is 0. The molecule has 1 aliphatic carbocycles. The maximum Gasteiger partial charge on any atom is 0.411 e. The lowest BCUT2D eigenvalue weighted by Crippen LogP contribution is -2.31. The number of halogens is 1. The summed E-state index contributed by atoms with van der Waals surface area (Å²) in [6, 6.07) is 19.5. The minimum atomic E-state index is -0.995. The molecule has 0 fully saturated rings. The lowest BCUT2D eigenvalue weighted by Gasteiger charge is -2.16. The Labute approximate surface area is 211 Å². The molecule has 35 heavy (non-hydrogen) atoms. The van der Waals surface area contributed by atoms with Crippen molar-refractivity contribution in [2.24, 2.45) is 5.92 Å². The summed E-state index contributed by atoms with van der Waals surface area (Å²) in [4.78, 5) is 36.3. The number of rotatable bonds is 7. The highest BCUT2D eigenvalue weighted by Crippen LogP contribution is 2.44. The molecule has 0 radical (unpaired) electrons. The predicted octanol–water partition coefficient (Wildman–Crippen LogP) is 5.57. The van der Waals surface area contributed by atoms with Gasteiger partial charge in [-0.2, -0.15) is 0 Å². The van der Waals surface area contributed by atoms with E-state index in [1.54, 1.807) is 19.1 Å². The zero-order valence-electron chi connectivity index (χ0n) is 19.3. The van der Waals surface area contributed by atoms with Crippen molar-refractivity contribution in [3.63, 3.8) is 0 Å². The van der Waals surface area contributed by atoms with Crippen molar-refractivity contribution in [2.75, 3.05) is 18.5 Å². The molecular weight excluding hydrogens is 512 g/mol. The number of ether oxygens (including phenoxy) is 1. The van der Waals surface area contributed by atoms with E-state index in [4.69, 9.17) is 9.84 Å². The first kappa shape index (κ1) is 24.5. The number of hydrogen-bond acceptors (Lipinski definition) is 4. The third kappa shape index (κ3) is 5.22. The van der Waals surface area contributed by atoms with E-state index in [0.29, 0.717) is 10.2 Å². The fourth-order valence-corrected chi connectivity index (χ4v) is 4.79. The van der Waals surface area contributed by atoms with Gasteiger partial charge in [0, 0.05) is 22.6 Å². The Morgan fingerprint density at radius 3 is 2.23 bits per heavy atom. The lowest BCUT2D eigenvalue weighted by molar-refractivity contribution is -0.140. The van der Waals surface area contributed by atoms with Gasteiger partial charge in [-0.25, -0.2) is 4.79 Å². The molecule has 180 valence electrons. The zero-order valence-corrected chi connectivity index (χ0v) is 20.9. The molecule has 0 saturated carbocycles. The number of benzene rings is 3. The van der Waals surface area contributed by atoms with E-state index in [2.05, 4.69) is 50.8 Å². The number of amides is 2. The molecule has 2 amide bonds. The van der Waals surface area contributed by atoms with Crippen molar-refractivity contribution in [1.29, 1.82) is 0 Å². The van der Waals surface area contributed by atoms with E-state index in [1.165, 1.54) is 6.92 Å². The first-order valence-electron chi connectivity index (χ1n) is 11.2. The molecule has 0 bridgehead atoms. The first-order chi connectivity index (χ1) is 16.8. The highest BCUT2D eigenvalue weighted by atomic mass is 79.9. The van der Waals surface area contributed by atoms with Gasteiger partial charge in [0.2, 0.25) is 0 Å². The van der Waals surface area contributed by atoms with Gasteiger partial charge in [-0.15, -0.1) is 0 Å². The maximum atomic E-state index is 12.7. The average Bonchev–Trinajstić information content (AvgIpc) is 3.16. The van der Waals surface area contributed by atoms with Gasteiger partial charge in [-0.1, -0.05) is 55.5 Å².